The van der Waals surface area contributed by atoms with Crippen molar-refractivity contribution >= 4 is 22.6 Å². The van der Waals surface area contributed by atoms with Gasteiger partial charge in [0.25, 0.3) is 0 Å². The topological polar surface area (TPSA) is 9.23 Å². The van der Waals surface area contributed by atoms with Crippen LogP contribution in [-0.2, 0) is 11.2 Å². The van der Waals surface area contributed by atoms with E-state index in [4.69, 9.17) is 4.74 Å². The number of benzene rings is 2. The van der Waals surface area contributed by atoms with Gasteiger partial charge in [0.05, 0.1) is 6.10 Å². The highest BCUT2D eigenvalue weighted by Gasteiger charge is 2.10. The standard InChI is InChI=1S/C17H18FIO/c18-16-10-8-15(9-11-16)17(13-19)20-12-4-7-14-5-2-1-3-6-14/h1-3,5-6,8-11,17H,4,7,12-13H2. The molecule has 0 bridgehead atoms. The lowest BCUT2D eigenvalue weighted by Crippen LogP contribution is -2.07. The van der Waals surface area contributed by atoms with E-state index >= 15 is 0 Å². The van der Waals surface area contributed by atoms with Crippen molar-refractivity contribution in [2.24, 2.45) is 0 Å². The Hall–Kier alpha value is -0.940. The Kier molecular flexibility index (Phi) is 6.47. The van der Waals surface area contributed by atoms with Gasteiger partial charge in [-0.05, 0) is 36.1 Å². The van der Waals surface area contributed by atoms with Gasteiger partial charge in [0.15, 0.2) is 0 Å². The van der Waals surface area contributed by atoms with E-state index in [0.29, 0.717) is 0 Å². The Morgan fingerprint density at radius 1 is 1.00 bits per heavy atom. The summed E-state index contributed by atoms with van der Waals surface area (Å²) in [5, 5.41) is 0. The molecule has 0 amide bonds. The van der Waals surface area contributed by atoms with Gasteiger partial charge in [-0.25, -0.2) is 4.39 Å². The SMILES string of the molecule is Fc1ccc(C(CI)OCCCc2ccccc2)cc1. The Morgan fingerprint density at radius 3 is 2.35 bits per heavy atom. The van der Waals surface area contributed by atoms with Crippen LogP contribution in [0.5, 0.6) is 0 Å². The van der Waals surface area contributed by atoms with Crippen LogP contribution in [-0.4, -0.2) is 11.0 Å². The Bertz CT molecular complexity index is 498. The van der Waals surface area contributed by atoms with Crippen LogP contribution in [0.4, 0.5) is 4.39 Å². The molecule has 0 heterocycles. The molecule has 1 unspecified atom stereocenters. The molecule has 1 atom stereocenters. The highest BCUT2D eigenvalue weighted by molar-refractivity contribution is 14.1. The average Bonchev–Trinajstić information content (AvgIpc) is 2.50. The monoisotopic (exact) mass is 384 g/mol. The van der Waals surface area contributed by atoms with Gasteiger partial charge in [-0.15, -0.1) is 0 Å². The van der Waals surface area contributed by atoms with Crippen LogP contribution in [0.25, 0.3) is 0 Å². The second kappa shape index (κ2) is 8.37. The summed E-state index contributed by atoms with van der Waals surface area (Å²) in [6.45, 7) is 0.722. The summed E-state index contributed by atoms with van der Waals surface area (Å²) in [5.41, 5.74) is 2.38. The molecule has 2 aromatic carbocycles. The third kappa shape index (κ3) is 4.87. The molecule has 3 heteroatoms. The molecule has 1 nitrogen and oxygen atoms in total. The van der Waals surface area contributed by atoms with Crippen LogP contribution in [0.15, 0.2) is 54.6 Å². The van der Waals surface area contributed by atoms with Crippen LogP contribution >= 0.6 is 22.6 Å². The zero-order valence-electron chi connectivity index (χ0n) is 11.3. The molecule has 0 aliphatic rings. The summed E-state index contributed by atoms with van der Waals surface area (Å²) >= 11 is 2.31. The molecule has 0 saturated carbocycles. The highest BCUT2D eigenvalue weighted by atomic mass is 127. The first-order valence-corrected chi connectivity index (χ1v) is 8.29. The van der Waals surface area contributed by atoms with Gasteiger partial charge < -0.3 is 4.74 Å². The molecular formula is C17H18FIO. The van der Waals surface area contributed by atoms with E-state index in [2.05, 4.69) is 46.9 Å². The molecule has 0 saturated heterocycles. The van der Waals surface area contributed by atoms with Gasteiger partial charge in [0.2, 0.25) is 0 Å². The third-order valence-corrected chi connectivity index (χ3v) is 3.95. The second-order valence-electron chi connectivity index (χ2n) is 4.65. The number of halogens is 2. The lowest BCUT2D eigenvalue weighted by molar-refractivity contribution is 0.0693. The Morgan fingerprint density at radius 2 is 1.70 bits per heavy atom. The van der Waals surface area contributed by atoms with E-state index < -0.39 is 0 Å². The predicted molar refractivity (Wildman–Crippen MR) is 88.7 cm³/mol. The lowest BCUT2D eigenvalue weighted by atomic mass is 10.1. The summed E-state index contributed by atoms with van der Waals surface area (Å²) in [4.78, 5) is 0. The van der Waals surface area contributed by atoms with Crippen LogP contribution in [0, 0.1) is 5.82 Å². The molecule has 0 N–H and O–H groups in total. The van der Waals surface area contributed by atoms with Crippen molar-refractivity contribution in [1.82, 2.24) is 0 Å². The number of aryl methyl sites for hydroxylation is 1. The lowest BCUT2D eigenvalue weighted by Gasteiger charge is -2.16. The van der Waals surface area contributed by atoms with E-state index in [1.807, 2.05) is 6.07 Å². The fourth-order valence-electron chi connectivity index (χ4n) is 2.05. The molecule has 2 aromatic rings. The van der Waals surface area contributed by atoms with Crippen LogP contribution in [0.2, 0.25) is 0 Å². The number of hydrogen-bond acceptors (Lipinski definition) is 1. The minimum atomic E-state index is -0.204. The van der Waals surface area contributed by atoms with Crippen molar-refractivity contribution in [3.63, 3.8) is 0 Å². The van der Waals surface area contributed by atoms with E-state index in [1.54, 1.807) is 12.1 Å². The van der Waals surface area contributed by atoms with Gasteiger partial charge in [-0.1, -0.05) is 65.1 Å². The number of hydrogen-bond donors (Lipinski definition) is 0. The van der Waals surface area contributed by atoms with Gasteiger partial charge in [0, 0.05) is 11.0 Å². The maximum absolute atomic E-state index is 12.9. The van der Waals surface area contributed by atoms with Crippen molar-refractivity contribution in [2.75, 3.05) is 11.0 Å². The molecule has 20 heavy (non-hydrogen) atoms. The van der Waals surface area contributed by atoms with Crippen molar-refractivity contribution in [2.45, 2.75) is 18.9 Å². The van der Waals surface area contributed by atoms with E-state index in [1.165, 1.54) is 17.7 Å². The number of alkyl halides is 1. The molecule has 2 rings (SSSR count). The van der Waals surface area contributed by atoms with Crippen molar-refractivity contribution in [1.29, 1.82) is 0 Å². The van der Waals surface area contributed by atoms with Crippen LogP contribution < -0.4 is 0 Å². The summed E-state index contributed by atoms with van der Waals surface area (Å²) < 4.78 is 19.7. The summed E-state index contributed by atoms with van der Waals surface area (Å²) in [6.07, 6.45) is 2.07. The van der Waals surface area contributed by atoms with Gasteiger partial charge >= 0.3 is 0 Å². The molecular weight excluding hydrogens is 366 g/mol. The number of ether oxygens (including phenoxy) is 1. The first-order chi connectivity index (χ1) is 9.79. The minimum Gasteiger partial charge on any atom is -0.373 e. The molecule has 0 radical (unpaired) electrons. The summed E-state index contributed by atoms with van der Waals surface area (Å²) in [7, 11) is 0. The number of rotatable bonds is 7. The fourth-order valence-corrected chi connectivity index (χ4v) is 2.82. The molecule has 0 aromatic heterocycles. The van der Waals surface area contributed by atoms with Crippen molar-refractivity contribution in [3.8, 4) is 0 Å². The summed E-state index contributed by atoms with van der Waals surface area (Å²) in [5.74, 6) is -0.204. The van der Waals surface area contributed by atoms with E-state index in [-0.39, 0.29) is 11.9 Å². The smallest absolute Gasteiger partial charge is 0.123 e. The average molecular weight is 384 g/mol. The molecule has 0 aliphatic carbocycles. The predicted octanol–water partition coefficient (Wildman–Crippen LogP) is 4.95. The molecule has 0 spiro atoms. The fraction of sp³-hybridized carbons (Fsp3) is 0.294. The van der Waals surface area contributed by atoms with Crippen molar-refractivity contribution in [3.05, 3.63) is 71.5 Å². The van der Waals surface area contributed by atoms with Gasteiger partial charge in [-0.3, -0.25) is 0 Å². The van der Waals surface area contributed by atoms with Gasteiger partial charge in [0.1, 0.15) is 5.82 Å². The largest absolute Gasteiger partial charge is 0.373 e. The maximum Gasteiger partial charge on any atom is 0.123 e. The second-order valence-corrected chi connectivity index (χ2v) is 5.54. The van der Waals surface area contributed by atoms with Gasteiger partial charge in [-0.2, -0.15) is 0 Å². The zero-order chi connectivity index (χ0) is 14.2. The quantitative estimate of drug-likeness (QED) is 0.373. The first kappa shape index (κ1) is 15.4. The van der Waals surface area contributed by atoms with Crippen LogP contribution in [0.1, 0.15) is 23.7 Å². The minimum absolute atomic E-state index is 0.0481. The van der Waals surface area contributed by atoms with Crippen LogP contribution in [0.3, 0.4) is 0 Å². The molecule has 0 aliphatic heterocycles. The maximum atomic E-state index is 12.9. The summed E-state index contributed by atoms with van der Waals surface area (Å²) in [6, 6.07) is 17.0. The Balaban J connectivity index is 1.78. The zero-order valence-corrected chi connectivity index (χ0v) is 13.4. The van der Waals surface area contributed by atoms with E-state index in [0.717, 1.165) is 29.4 Å². The normalized spacial score (nSPS) is 12.3. The Labute approximate surface area is 133 Å². The van der Waals surface area contributed by atoms with Crippen molar-refractivity contribution < 1.29 is 9.13 Å². The molecule has 106 valence electrons. The molecule has 0 fully saturated rings. The first-order valence-electron chi connectivity index (χ1n) is 6.76. The highest BCUT2D eigenvalue weighted by Crippen LogP contribution is 2.20. The van der Waals surface area contributed by atoms with E-state index in [9.17, 15) is 4.39 Å². The third-order valence-electron chi connectivity index (χ3n) is 3.15.